The molecule has 2 aromatic heterocycles. The Morgan fingerprint density at radius 1 is 1.33 bits per heavy atom. The highest BCUT2D eigenvalue weighted by Crippen LogP contribution is 2.30. The van der Waals surface area contributed by atoms with Crippen molar-refractivity contribution in [1.29, 1.82) is 0 Å². The Labute approximate surface area is 107 Å². The van der Waals surface area contributed by atoms with Gasteiger partial charge in [-0.25, -0.2) is 0 Å². The van der Waals surface area contributed by atoms with Crippen molar-refractivity contribution in [3.05, 3.63) is 29.2 Å². The van der Waals surface area contributed by atoms with Gasteiger partial charge in [-0.2, -0.15) is 5.10 Å². The van der Waals surface area contributed by atoms with Gasteiger partial charge in [-0.05, 0) is 45.4 Å². The van der Waals surface area contributed by atoms with Gasteiger partial charge in [-0.15, -0.1) is 0 Å². The van der Waals surface area contributed by atoms with E-state index in [1.54, 1.807) is 0 Å². The first kappa shape index (κ1) is 11.5. The fraction of sp³-hybridized carbons (Fsp3) is 0.500. The number of nitrogens with one attached hydrogen (secondary N) is 2. The first-order valence-corrected chi connectivity index (χ1v) is 6.58. The Kier molecular flexibility index (Phi) is 2.96. The maximum Gasteiger partial charge on any atom is 0.154 e. The number of nitrogens with zero attached hydrogens (tertiary/aromatic N) is 1. The highest BCUT2D eigenvalue weighted by molar-refractivity contribution is 5.58. The molecule has 4 nitrogen and oxygen atoms in total. The molecule has 1 fully saturated rings. The van der Waals surface area contributed by atoms with E-state index in [2.05, 4.69) is 22.4 Å². The second kappa shape index (κ2) is 4.61. The van der Waals surface area contributed by atoms with Crippen molar-refractivity contribution in [3.8, 4) is 11.5 Å². The predicted octanol–water partition coefficient (Wildman–Crippen LogP) is 2.75. The molecule has 2 aromatic rings. The molecule has 96 valence electrons. The fourth-order valence-electron chi connectivity index (χ4n) is 2.71. The molecule has 0 spiro atoms. The van der Waals surface area contributed by atoms with Crippen molar-refractivity contribution in [2.75, 3.05) is 13.1 Å². The second-order valence-corrected chi connectivity index (χ2v) is 5.06. The minimum absolute atomic E-state index is 0.552. The zero-order chi connectivity index (χ0) is 12.5. The third kappa shape index (κ3) is 1.97. The van der Waals surface area contributed by atoms with E-state index in [0.29, 0.717) is 5.92 Å². The van der Waals surface area contributed by atoms with E-state index in [-0.39, 0.29) is 0 Å². The molecule has 1 aliphatic heterocycles. The van der Waals surface area contributed by atoms with Gasteiger partial charge >= 0.3 is 0 Å². The average molecular weight is 245 g/mol. The molecule has 0 radical (unpaired) electrons. The molecule has 3 rings (SSSR count). The summed E-state index contributed by atoms with van der Waals surface area (Å²) in [5.41, 5.74) is 3.42. The number of H-pyrrole nitrogens is 1. The van der Waals surface area contributed by atoms with Crippen molar-refractivity contribution < 1.29 is 4.42 Å². The molecule has 1 aliphatic rings. The Bertz CT molecular complexity index is 535. The van der Waals surface area contributed by atoms with Crippen molar-refractivity contribution in [2.45, 2.75) is 32.6 Å². The highest BCUT2D eigenvalue weighted by Gasteiger charge is 2.22. The summed E-state index contributed by atoms with van der Waals surface area (Å²) in [4.78, 5) is 0. The van der Waals surface area contributed by atoms with Crippen molar-refractivity contribution in [2.24, 2.45) is 0 Å². The second-order valence-electron chi connectivity index (χ2n) is 5.06. The van der Waals surface area contributed by atoms with Gasteiger partial charge in [0.2, 0.25) is 0 Å². The van der Waals surface area contributed by atoms with Crippen LogP contribution in [-0.4, -0.2) is 23.3 Å². The lowest BCUT2D eigenvalue weighted by Crippen LogP contribution is -2.28. The fourth-order valence-corrected chi connectivity index (χ4v) is 2.71. The summed E-state index contributed by atoms with van der Waals surface area (Å²) < 4.78 is 5.65. The van der Waals surface area contributed by atoms with Crippen molar-refractivity contribution >= 4 is 0 Å². The Morgan fingerprint density at radius 2 is 2.22 bits per heavy atom. The molecule has 4 heteroatoms. The van der Waals surface area contributed by atoms with Crippen LogP contribution in [0.2, 0.25) is 0 Å². The summed E-state index contributed by atoms with van der Waals surface area (Å²) in [5, 5.41) is 11.1. The van der Waals surface area contributed by atoms with Crippen LogP contribution in [0.25, 0.3) is 11.5 Å². The number of aromatic nitrogens is 2. The van der Waals surface area contributed by atoms with Crippen LogP contribution in [0.3, 0.4) is 0 Å². The predicted molar refractivity (Wildman–Crippen MR) is 70.6 cm³/mol. The Morgan fingerprint density at radius 3 is 2.89 bits per heavy atom. The molecular weight excluding hydrogens is 226 g/mol. The summed E-state index contributed by atoms with van der Waals surface area (Å²) in [5.74, 6) is 2.33. The first-order chi connectivity index (χ1) is 8.75. The van der Waals surface area contributed by atoms with Gasteiger partial charge in [0, 0.05) is 23.7 Å². The van der Waals surface area contributed by atoms with Crippen LogP contribution < -0.4 is 5.32 Å². The molecule has 0 bridgehead atoms. The lowest BCUT2D eigenvalue weighted by Gasteiger charge is -2.22. The van der Waals surface area contributed by atoms with Crippen LogP contribution in [0.15, 0.2) is 16.5 Å². The summed E-state index contributed by atoms with van der Waals surface area (Å²) in [6.07, 6.45) is 2.46. The van der Waals surface area contributed by atoms with Crippen LogP contribution in [-0.2, 0) is 0 Å². The minimum Gasteiger partial charge on any atom is -0.460 e. The molecule has 0 aliphatic carbocycles. The maximum absolute atomic E-state index is 5.65. The zero-order valence-corrected chi connectivity index (χ0v) is 10.9. The molecule has 1 saturated heterocycles. The number of aryl methyl sites for hydroxylation is 1. The Balaban J connectivity index is 1.92. The van der Waals surface area contributed by atoms with Crippen LogP contribution >= 0.6 is 0 Å². The third-order valence-corrected chi connectivity index (χ3v) is 3.73. The van der Waals surface area contributed by atoms with E-state index in [4.69, 9.17) is 4.42 Å². The van der Waals surface area contributed by atoms with E-state index in [9.17, 15) is 0 Å². The number of rotatable bonds is 2. The van der Waals surface area contributed by atoms with Gasteiger partial charge in [-0.3, -0.25) is 5.10 Å². The molecule has 1 unspecified atom stereocenters. The van der Waals surface area contributed by atoms with Gasteiger partial charge in [0.25, 0.3) is 0 Å². The minimum atomic E-state index is 0.552. The summed E-state index contributed by atoms with van der Waals surface area (Å²) in [6.45, 7) is 6.26. The summed E-state index contributed by atoms with van der Waals surface area (Å²) in [7, 11) is 0. The Hall–Kier alpha value is -1.55. The largest absolute Gasteiger partial charge is 0.460 e. The van der Waals surface area contributed by atoms with Gasteiger partial charge in [0.15, 0.2) is 5.76 Å². The van der Waals surface area contributed by atoms with Crippen LogP contribution in [0, 0.1) is 13.8 Å². The quantitative estimate of drug-likeness (QED) is 0.855. The van der Waals surface area contributed by atoms with Crippen LogP contribution in [0.1, 0.15) is 35.8 Å². The van der Waals surface area contributed by atoms with E-state index in [0.717, 1.165) is 30.3 Å². The van der Waals surface area contributed by atoms with Gasteiger partial charge in [0.1, 0.15) is 11.5 Å². The van der Waals surface area contributed by atoms with Crippen LogP contribution in [0.5, 0.6) is 0 Å². The summed E-state index contributed by atoms with van der Waals surface area (Å²) >= 11 is 0. The SMILES string of the molecule is Cc1ccc(-c2n[nH]c(C3CCCNC3)c2C)o1. The molecule has 3 heterocycles. The molecule has 0 aromatic carbocycles. The van der Waals surface area contributed by atoms with Gasteiger partial charge in [0.05, 0.1) is 0 Å². The topological polar surface area (TPSA) is 53.9 Å². The maximum atomic E-state index is 5.65. The van der Waals surface area contributed by atoms with Crippen molar-refractivity contribution in [1.82, 2.24) is 15.5 Å². The molecule has 18 heavy (non-hydrogen) atoms. The number of aromatic amines is 1. The van der Waals surface area contributed by atoms with Gasteiger partial charge in [-0.1, -0.05) is 0 Å². The number of hydrogen-bond acceptors (Lipinski definition) is 3. The summed E-state index contributed by atoms with van der Waals surface area (Å²) in [6, 6.07) is 3.96. The monoisotopic (exact) mass is 245 g/mol. The lowest BCUT2D eigenvalue weighted by atomic mass is 9.93. The lowest BCUT2D eigenvalue weighted by molar-refractivity contribution is 0.453. The van der Waals surface area contributed by atoms with E-state index >= 15 is 0 Å². The molecule has 0 amide bonds. The van der Waals surface area contributed by atoms with E-state index < -0.39 is 0 Å². The highest BCUT2D eigenvalue weighted by atomic mass is 16.3. The van der Waals surface area contributed by atoms with E-state index in [1.807, 2.05) is 19.1 Å². The van der Waals surface area contributed by atoms with Gasteiger partial charge < -0.3 is 9.73 Å². The third-order valence-electron chi connectivity index (χ3n) is 3.73. The number of furan rings is 1. The normalized spacial score (nSPS) is 20.2. The van der Waals surface area contributed by atoms with Crippen molar-refractivity contribution in [3.63, 3.8) is 0 Å². The smallest absolute Gasteiger partial charge is 0.154 e. The standard InChI is InChI=1S/C14H19N3O/c1-9-5-6-12(18-9)14-10(2)13(16-17-14)11-4-3-7-15-8-11/h5-6,11,15H,3-4,7-8H2,1-2H3,(H,16,17). The average Bonchev–Trinajstić information content (AvgIpc) is 2.97. The number of piperidine rings is 1. The zero-order valence-electron chi connectivity index (χ0n) is 10.9. The van der Waals surface area contributed by atoms with E-state index in [1.165, 1.54) is 24.1 Å². The molecular formula is C14H19N3O. The molecule has 2 N–H and O–H groups in total. The molecule has 1 atom stereocenters. The first-order valence-electron chi connectivity index (χ1n) is 6.58. The number of hydrogen-bond donors (Lipinski definition) is 2. The van der Waals surface area contributed by atoms with Crippen LogP contribution in [0.4, 0.5) is 0 Å². The molecule has 0 saturated carbocycles.